The Morgan fingerprint density at radius 1 is 1.35 bits per heavy atom. The second kappa shape index (κ2) is 7.10. The zero-order chi connectivity index (χ0) is 16.2. The highest BCUT2D eigenvalue weighted by atomic mass is 35.5. The third-order valence-corrected chi connectivity index (χ3v) is 4.33. The molecule has 1 fully saturated rings. The monoisotopic (exact) mass is 349 g/mol. The third kappa shape index (κ3) is 4.09. The van der Waals surface area contributed by atoms with E-state index in [0.717, 1.165) is 18.4 Å². The summed E-state index contributed by atoms with van der Waals surface area (Å²) in [6, 6.07) is 7.36. The van der Waals surface area contributed by atoms with Gasteiger partial charge in [-0.25, -0.2) is 5.10 Å². The molecular formula is C16H16ClN3O2S. The maximum Gasteiger partial charge on any atom is 0.284 e. The van der Waals surface area contributed by atoms with Crippen LogP contribution in [-0.2, 0) is 4.79 Å². The lowest BCUT2D eigenvalue weighted by Crippen LogP contribution is -2.36. The lowest BCUT2D eigenvalue weighted by Gasteiger charge is -2.29. The minimum atomic E-state index is 0.0151. The van der Waals surface area contributed by atoms with Crippen LogP contribution in [0.4, 0.5) is 0 Å². The quantitative estimate of drug-likeness (QED) is 0.676. The number of nitrogens with zero attached hydrogens (tertiary/aromatic N) is 2. The predicted octanol–water partition coefficient (Wildman–Crippen LogP) is 3.80. The summed E-state index contributed by atoms with van der Waals surface area (Å²) in [6.45, 7) is 1.37. The zero-order valence-corrected chi connectivity index (χ0v) is 13.9. The molecule has 0 aliphatic carbocycles. The van der Waals surface area contributed by atoms with Crippen molar-refractivity contribution >= 4 is 35.8 Å². The molecule has 1 aromatic carbocycles. The molecule has 1 saturated heterocycles. The molecule has 0 radical (unpaired) electrons. The van der Waals surface area contributed by atoms with Crippen LogP contribution in [0.1, 0.15) is 30.2 Å². The molecule has 120 valence electrons. The Hall–Kier alpha value is -1.92. The van der Waals surface area contributed by atoms with Crippen LogP contribution in [0.15, 0.2) is 34.8 Å². The molecule has 0 saturated carbocycles. The number of nitrogens with one attached hydrogen (secondary N) is 1. The standard InChI is InChI=1S/C16H16ClN3O2S/c17-13-4-1-11(2-5-13)3-6-14(21)20-9-7-12(8-10-20)15-18-19-16(23)22-15/h1-6,12H,7-10H2,(H,19,23)/b6-3-. The Morgan fingerprint density at radius 2 is 2.04 bits per heavy atom. The summed E-state index contributed by atoms with van der Waals surface area (Å²) in [6.07, 6.45) is 5.05. The van der Waals surface area contributed by atoms with E-state index < -0.39 is 0 Å². The van der Waals surface area contributed by atoms with Gasteiger partial charge in [0, 0.05) is 30.1 Å². The van der Waals surface area contributed by atoms with Gasteiger partial charge in [-0.2, -0.15) is 0 Å². The van der Waals surface area contributed by atoms with Crippen LogP contribution in [-0.4, -0.2) is 34.1 Å². The van der Waals surface area contributed by atoms with E-state index in [1.165, 1.54) is 0 Å². The van der Waals surface area contributed by atoms with E-state index in [1.54, 1.807) is 24.3 Å². The highest BCUT2D eigenvalue weighted by molar-refractivity contribution is 7.71. The maximum atomic E-state index is 12.2. The van der Waals surface area contributed by atoms with Gasteiger partial charge in [-0.15, -0.1) is 5.10 Å². The molecule has 1 aliphatic rings. The van der Waals surface area contributed by atoms with Gasteiger partial charge in [-0.1, -0.05) is 23.7 Å². The van der Waals surface area contributed by atoms with Crippen LogP contribution < -0.4 is 0 Å². The largest absolute Gasteiger partial charge is 0.414 e. The first kappa shape index (κ1) is 16.0. The maximum absolute atomic E-state index is 12.2. The highest BCUT2D eigenvalue weighted by Crippen LogP contribution is 2.26. The summed E-state index contributed by atoms with van der Waals surface area (Å²) in [7, 11) is 0. The van der Waals surface area contributed by atoms with Crippen molar-refractivity contribution < 1.29 is 9.21 Å². The topological polar surface area (TPSA) is 62.1 Å². The minimum absolute atomic E-state index is 0.0151. The van der Waals surface area contributed by atoms with Crippen molar-refractivity contribution in [2.24, 2.45) is 0 Å². The fourth-order valence-electron chi connectivity index (χ4n) is 2.61. The molecule has 2 aromatic rings. The number of rotatable bonds is 3. The average Bonchev–Trinajstić information content (AvgIpc) is 3.01. The number of carbonyl (C=O) groups excluding carboxylic acids is 1. The lowest BCUT2D eigenvalue weighted by molar-refractivity contribution is -0.127. The Kier molecular flexibility index (Phi) is 4.93. The minimum Gasteiger partial charge on any atom is -0.414 e. The van der Waals surface area contributed by atoms with Crippen molar-refractivity contribution in [3.63, 3.8) is 0 Å². The molecule has 1 aromatic heterocycles. The molecule has 23 heavy (non-hydrogen) atoms. The smallest absolute Gasteiger partial charge is 0.284 e. The Balaban J connectivity index is 1.55. The van der Waals surface area contributed by atoms with Gasteiger partial charge in [0.25, 0.3) is 4.84 Å². The van der Waals surface area contributed by atoms with E-state index >= 15 is 0 Å². The van der Waals surface area contributed by atoms with E-state index in [2.05, 4.69) is 10.2 Å². The SMILES string of the molecule is O=C(/C=C\c1ccc(Cl)cc1)N1CCC(c2n[nH]c(=S)o2)CC1. The first-order chi connectivity index (χ1) is 11.1. The number of halogens is 1. The van der Waals surface area contributed by atoms with Crippen molar-refractivity contribution in [2.45, 2.75) is 18.8 Å². The zero-order valence-electron chi connectivity index (χ0n) is 12.4. The molecule has 0 spiro atoms. The van der Waals surface area contributed by atoms with Crippen molar-refractivity contribution in [1.29, 1.82) is 0 Å². The van der Waals surface area contributed by atoms with Crippen molar-refractivity contribution in [3.8, 4) is 0 Å². The molecule has 5 nitrogen and oxygen atoms in total. The Bertz CT molecular complexity index is 758. The molecule has 2 heterocycles. The van der Waals surface area contributed by atoms with Gasteiger partial charge >= 0.3 is 0 Å². The number of hydrogen-bond donors (Lipinski definition) is 1. The summed E-state index contributed by atoms with van der Waals surface area (Å²) in [4.78, 5) is 14.4. The molecule has 7 heteroatoms. The van der Waals surface area contributed by atoms with E-state index in [9.17, 15) is 4.79 Å². The van der Waals surface area contributed by atoms with Crippen LogP contribution in [0.2, 0.25) is 5.02 Å². The molecule has 0 bridgehead atoms. The molecule has 3 rings (SSSR count). The van der Waals surface area contributed by atoms with Crippen LogP contribution in [0.5, 0.6) is 0 Å². The van der Waals surface area contributed by atoms with Gasteiger partial charge in [0.05, 0.1) is 0 Å². The Labute approximate surface area is 143 Å². The van der Waals surface area contributed by atoms with Crippen LogP contribution in [0.25, 0.3) is 6.08 Å². The number of likely N-dealkylation sites (tertiary alicyclic amines) is 1. The predicted molar refractivity (Wildman–Crippen MR) is 90.7 cm³/mol. The molecule has 1 N–H and O–H groups in total. The van der Waals surface area contributed by atoms with Crippen LogP contribution in [0.3, 0.4) is 0 Å². The number of carbonyl (C=O) groups is 1. The van der Waals surface area contributed by atoms with Gasteiger partial charge in [-0.3, -0.25) is 4.79 Å². The van der Waals surface area contributed by atoms with Crippen molar-refractivity contribution in [2.75, 3.05) is 13.1 Å². The summed E-state index contributed by atoms with van der Waals surface area (Å²) < 4.78 is 5.35. The van der Waals surface area contributed by atoms with Crippen LogP contribution >= 0.6 is 23.8 Å². The first-order valence-corrected chi connectivity index (χ1v) is 8.18. The summed E-state index contributed by atoms with van der Waals surface area (Å²) >= 11 is 10.7. The van der Waals surface area contributed by atoms with Gasteiger partial charge < -0.3 is 9.32 Å². The molecule has 0 unspecified atom stereocenters. The fraction of sp³-hybridized carbons (Fsp3) is 0.312. The van der Waals surface area contributed by atoms with Crippen molar-refractivity contribution in [1.82, 2.24) is 15.1 Å². The molecule has 0 atom stereocenters. The number of aromatic nitrogens is 2. The second-order valence-corrected chi connectivity index (χ2v) is 6.24. The van der Waals surface area contributed by atoms with Gasteiger partial charge in [0.1, 0.15) is 0 Å². The number of piperidine rings is 1. The van der Waals surface area contributed by atoms with E-state index in [-0.39, 0.29) is 11.8 Å². The van der Waals surface area contributed by atoms with Gasteiger partial charge in [0.15, 0.2) is 0 Å². The summed E-state index contributed by atoms with van der Waals surface area (Å²) in [5, 5.41) is 7.39. The average molecular weight is 350 g/mol. The number of hydrogen-bond acceptors (Lipinski definition) is 4. The van der Waals surface area contributed by atoms with Crippen molar-refractivity contribution in [3.05, 3.63) is 51.7 Å². The van der Waals surface area contributed by atoms with E-state index in [0.29, 0.717) is 28.8 Å². The Morgan fingerprint density at radius 3 is 2.65 bits per heavy atom. The molecule has 1 amide bonds. The second-order valence-electron chi connectivity index (χ2n) is 5.44. The summed E-state index contributed by atoms with van der Waals surface area (Å²) in [5.41, 5.74) is 0.950. The number of H-pyrrole nitrogens is 1. The molecule has 1 aliphatic heterocycles. The summed E-state index contributed by atoms with van der Waals surface area (Å²) in [5.74, 6) is 0.868. The molecular weight excluding hydrogens is 334 g/mol. The van der Waals surface area contributed by atoms with Gasteiger partial charge in [0.2, 0.25) is 11.8 Å². The van der Waals surface area contributed by atoms with E-state index in [4.69, 9.17) is 28.2 Å². The van der Waals surface area contributed by atoms with Crippen LogP contribution in [0, 0.1) is 4.84 Å². The normalized spacial score (nSPS) is 16.1. The number of benzene rings is 1. The third-order valence-electron chi connectivity index (χ3n) is 3.90. The lowest BCUT2D eigenvalue weighted by atomic mass is 9.97. The number of aromatic amines is 1. The first-order valence-electron chi connectivity index (χ1n) is 7.40. The fourth-order valence-corrected chi connectivity index (χ4v) is 2.87. The highest BCUT2D eigenvalue weighted by Gasteiger charge is 2.25. The van der Waals surface area contributed by atoms with Gasteiger partial charge in [-0.05, 0) is 48.8 Å². The number of amides is 1. The van der Waals surface area contributed by atoms with E-state index in [1.807, 2.05) is 17.0 Å².